The molecule has 1 aromatic carbocycles. The third-order valence-electron chi connectivity index (χ3n) is 3.12. The SMILES string of the molecule is CC(C)c1ccc(C(C)NC(=O)c2cscn2)cc1. The molecule has 0 saturated carbocycles. The summed E-state index contributed by atoms with van der Waals surface area (Å²) >= 11 is 1.42. The number of nitrogens with one attached hydrogen (secondary N) is 1. The summed E-state index contributed by atoms with van der Waals surface area (Å²) in [5.41, 5.74) is 4.56. The normalized spacial score (nSPS) is 12.4. The molecule has 0 aliphatic rings. The van der Waals surface area contributed by atoms with Crippen molar-refractivity contribution in [1.82, 2.24) is 10.3 Å². The van der Waals surface area contributed by atoms with Crippen LogP contribution < -0.4 is 5.32 Å². The van der Waals surface area contributed by atoms with Crippen molar-refractivity contribution >= 4 is 17.2 Å². The first kappa shape index (κ1) is 13.7. The Balaban J connectivity index is 2.03. The molecule has 0 aliphatic heterocycles. The molecule has 1 unspecified atom stereocenters. The fourth-order valence-corrected chi connectivity index (χ4v) is 2.38. The van der Waals surface area contributed by atoms with E-state index in [9.17, 15) is 4.79 Å². The molecule has 3 nitrogen and oxygen atoms in total. The van der Waals surface area contributed by atoms with Crippen molar-refractivity contribution in [3.05, 3.63) is 52.0 Å². The molecule has 2 aromatic rings. The second-order valence-corrected chi connectivity index (χ2v) is 5.61. The lowest BCUT2D eigenvalue weighted by molar-refractivity contribution is 0.0935. The Hall–Kier alpha value is -1.68. The highest BCUT2D eigenvalue weighted by atomic mass is 32.1. The minimum atomic E-state index is -0.123. The number of nitrogens with zero attached hydrogens (tertiary/aromatic N) is 1. The van der Waals surface area contributed by atoms with E-state index < -0.39 is 0 Å². The largest absolute Gasteiger partial charge is 0.344 e. The highest BCUT2D eigenvalue weighted by Crippen LogP contribution is 2.18. The third-order valence-corrected chi connectivity index (χ3v) is 3.70. The number of aromatic nitrogens is 1. The molecule has 1 atom stereocenters. The van der Waals surface area contributed by atoms with E-state index >= 15 is 0 Å². The quantitative estimate of drug-likeness (QED) is 0.922. The first-order valence-electron chi connectivity index (χ1n) is 6.37. The maximum Gasteiger partial charge on any atom is 0.271 e. The molecule has 2 rings (SSSR count). The minimum Gasteiger partial charge on any atom is -0.344 e. The monoisotopic (exact) mass is 274 g/mol. The van der Waals surface area contributed by atoms with Gasteiger partial charge in [0.1, 0.15) is 5.69 Å². The van der Waals surface area contributed by atoms with Gasteiger partial charge in [0.25, 0.3) is 5.91 Å². The van der Waals surface area contributed by atoms with E-state index in [1.54, 1.807) is 10.9 Å². The maximum absolute atomic E-state index is 11.9. The average Bonchev–Trinajstić information content (AvgIpc) is 2.92. The van der Waals surface area contributed by atoms with E-state index in [1.807, 2.05) is 6.92 Å². The van der Waals surface area contributed by atoms with Crippen LogP contribution in [0.25, 0.3) is 0 Å². The molecule has 1 heterocycles. The van der Waals surface area contributed by atoms with E-state index in [0.717, 1.165) is 5.56 Å². The van der Waals surface area contributed by atoms with Gasteiger partial charge in [0, 0.05) is 5.38 Å². The Morgan fingerprint density at radius 2 is 1.79 bits per heavy atom. The van der Waals surface area contributed by atoms with Crippen molar-refractivity contribution in [2.75, 3.05) is 0 Å². The summed E-state index contributed by atoms with van der Waals surface area (Å²) in [6.07, 6.45) is 0. The van der Waals surface area contributed by atoms with Gasteiger partial charge < -0.3 is 5.32 Å². The van der Waals surface area contributed by atoms with Gasteiger partial charge >= 0.3 is 0 Å². The molecule has 1 amide bonds. The highest BCUT2D eigenvalue weighted by molar-refractivity contribution is 7.07. The van der Waals surface area contributed by atoms with Crippen molar-refractivity contribution in [2.45, 2.75) is 32.7 Å². The zero-order valence-electron chi connectivity index (χ0n) is 11.4. The lowest BCUT2D eigenvalue weighted by atomic mass is 9.99. The Morgan fingerprint density at radius 3 is 2.32 bits per heavy atom. The maximum atomic E-state index is 11.9. The van der Waals surface area contributed by atoms with Gasteiger partial charge in [-0.05, 0) is 24.0 Å². The molecule has 0 fully saturated rings. The van der Waals surface area contributed by atoms with Gasteiger partial charge in [0.05, 0.1) is 11.6 Å². The lowest BCUT2D eigenvalue weighted by Crippen LogP contribution is -2.26. The smallest absolute Gasteiger partial charge is 0.271 e. The van der Waals surface area contributed by atoms with E-state index in [2.05, 4.69) is 48.4 Å². The number of hydrogen-bond acceptors (Lipinski definition) is 3. The standard InChI is InChI=1S/C15H18N2OS/c1-10(2)12-4-6-13(7-5-12)11(3)17-15(18)14-8-19-9-16-14/h4-11H,1-3H3,(H,17,18). The topological polar surface area (TPSA) is 42.0 Å². The fraction of sp³-hybridized carbons (Fsp3) is 0.333. The van der Waals surface area contributed by atoms with Crippen molar-refractivity contribution in [3.8, 4) is 0 Å². The predicted octanol–water partition coefficient (Wildman–Crippen LogP) is 3.76. The zero-order chi connectivity index (χ0) is 13.8. The molecule has 0 spiro atoms. The number of carbonyl (C=O) groups excluding carboxylic acids is 1. The van der Waals surface area contributed by atoms with Crippen LogP contribution in [0.5, 0.6) is 0 Å². The molecule has 100 valence electrons. The fourth-order valence-electron chi connectivity index (χ4n) is 1.85. The van der Waals surface area contributed by atoms with Gasteiger partial charge in [0.15, 0.2) is 0 Å². The first-order chi connectivity index (χ1) is 9.08. The van der Waals surface area contributed by atoms with Crippen molar-refractivity contribution < 1.29 is 4.79 Å². The van der Waals surface area contributed by atoms with Gasteiger partial charge in [-0.15, -0.1) is 11.3 Å². The van der Waals surface area contributed by atoms with E-state index in [1.165, 1.54) is 16.9 Å². The number of benzene rings is 1. The summed E-state index contributed by atoms with van der Waals surface area (Å²) in [6.45, 7) is 6.32. The van der Waals surface area contributed by atoms with Crippen LogP contribution in [0.15, 0.2) is 35.2 Å². The Kier molecular flexibility index (Phi) is 4.32. The van der Waals surface area contributed by atoms with Crippen LogP contribution >= 0.6 is 11.3 Å². The molecule has 1 aromatic heterocycles. The molecule has 19 heavy (non-hydrogen) atoms. The van der Waals surface area contributed by atoms with E-state index in [-0.39, 0.29) is 11.9 Å². The van der Waals surface area contributed by atoms with Gasteiger partial charge in [-0.25, -0.2) is 4.98 Å². The summed E-state index contributed by atoms with van der Waals surface area (Å²) in [4.78, 5) is 15.9. The van der Waals surface area contributed by atoms with Crippen molar-refractivity contribution in [2.24, 2.45) is 0 Å². The van der Waals surface area contributed by atoms with Gasteiger partial charge in [0.2, 0.25) is 0 Å². The first-order valence-corrected chi connectivity index (χ1v) is 7.31. The number of thiazole rings is 1. The average molecular weight is 274 g/mol. The van der Waals surface area contributed by atoms with Crippen LogP contribution in [0.2, 0.25) is 0 Å². The van der Waals surface area contributed by atoms with Crippen LogP contribution in [0.1, 0.15) is 54.3 Å². The lowest BCUT2D eigenvalue weighted by Gasteiger charge is -2.14. The minimum absolute atomic E-state index is 0.0181. The van der Waals surface area contributed by atoms with Crippen molar-refractivity contribution in [1.29, 1.82) is 0 Å². The number of rotatable bonds is 4. The number of carbonyl (C=O) groups is 1. The molecule has 1 N–H and O–H groups in total. The second kappa shape index (κ2) is 5.97. The van der Waals surface area contributed by atoms with Crippen molar-refractivity contribution in [3.63, 3.8) is 0 Å². The van der Waals surface area contributed by atoms with Crippen LogP contribution in [0.4, 0.5) is 0 Å². The summed E-state index contributed by atoms with van der Waals surface area (Å²) < 4.78 is 0. The molecule has 0 bridgehead atoms. The zero-order valence-corrected chi connectivity index (χ0v) is 12.2. The Morgan fingerprint density at radius 1 is 1.16 bits per heavy atom. The van der Waals surface area contributed by atoms with Crippen LogP contribution in [0, 0.1) is 0 Å². The van der Waals surface area contributed by atoms with Crippen LogP contribution in [0.3, 0.4) is 0 Å². The van der Waals surface area contributed by atoms with E-state index in [0.29, 0.717) is 11.6 Å². The van der Waals surface area contributed by atoms with E-state index in [4.69, 9.17) is 0 Å². The second-order valence-electron chi connectivity index (χ2n) is 4.89. The third kappa shape index (κ3) is 3.41. The molecular weight excluding hydrogens is 256 g/mol. The van der Waals surface area contributed by atoms with Gasteiger partial charge in [-0.2, -0.15) is 0 Å². The molecule has 0 radical (unpaired) electrons. The van der Waals surface area contributed by atoms with Gasteiger partial charge in [-0.1, -0.05) is 38.1 Å². The van der Waals surface area contributed by atoms with Crippen LogP contribution in [-0.2, 0) is 0 Å². The van der Waals surface area contributed by atoms with Gasteiger partial charge in [-0.3, -0.25) is 4.79 Å². The molecule has 0 aliphatic carbocycles. The highest BCUT2D eigenvalue weighted by Gasteiger charge is 2.12. The Bertz CT molecular complexity index is 532. The summed E-state index contributed by atoms with van der Waals surface area (Å²) in [7, 11) is 0. The number of amides is 1. The predicted molar refractivity (Wildman–Crippen MR) is 78.5 cm³/mol. The summed E-state index contributed by atoms with van der Waals surface area (Å²) in [6, 6.07) is 8.36. The van der Waals surface area contributed by atoms with Crippen LogP contribution in [-0.4, -0.2) is 10.9 Å². The number of hydrogen-bond donors (Lipinski definition) is 1. The molecule has 0 saturated heterocycles. The molecular formula is C15H18N2OS. The molecule has 4 heteroatoms. The summed E-state index contributed by atoms with van der Waals surface area (Å²) in [5, 5.41) is 4.71. The summed E-state index contributed by atoms with van der Waals surface area (Å²) in [5.74, 6) is 0.399. The Labute approximate surface area is 117 Å².